The fourth-order valence-electron chi connectivity index (χ4n) is 2.86. The first-order valence-electron chi connectivity index (χ1n) is 14.7. The number of rotatable bonds is 6. The summed E-state index contributed by atoms with van der Waals surface area (Å²) in [6.07, 6.45) is 0. The van der Waals surface area contributed by atoms with Crippen molar-refractivity contribution in [1.29, 1.82) is 0 Å². The molecule has 0 unspecified atom stereocenters. The van der Waals surface area contributed by atoms with Gasteiger partial charge < -0.3 is 5.21 Å². The van der Waals surface area contributed by atoms with Gasteiger partial charge in [0.05, 0.1) is 47.2 Å². The van der Waals surface area contributed by atoms with E-state index in [4.69, 9.17) is 20.5 Å². The molecule has 0 aliphatic carbocycles. The van der Waals surface area contributed by atoms with Gasteiger partial charge in [0.2, 0.25) is 0 Å². The maximum absolute atomic E-state index is 13.6. The van der Waals surface area contributed by atoms with Gasteiger partial charge in [0.1, 0.15) is 28.4 Å². The number of Topliss-reactive ketones (excluding diaryl/α,β-unsaturated/α-hetero) is 2. The van der Waals surface area contributed by atoms with E-state index in [1.54, 1.807) is 32.9 Å². The molecule has 3 aromatic carbocycles. The van der Waals surface area contributed by atoms with E-state index < -0.39 is 64.9 Å². The number of non-ortho nitro benzene ring substituents is 2. The van der Waals surface area contributed by atoms with Crippen LogP contribution in [0.25, 0.3) is 0 Å². The van der Waals surface area contributed by atoms with Crippen molar-refractivity contribution in [3.63, 3.8) is 0 Å². The van der Waals surface area contributed by atoms with Crippen LogP contribution >= 0.6 is 0 Å². The summed E-state index contributed by atoms with van der Waals surface area (Å²) in [6, 6.07) is 12.0. The minimum Gasteiger partial charge on any atom is -0.328 e. The highest BCUT2D eigenvalue weighted by molar-refractivity contribution is 7.85. The predicted molar refractivity (Wildman–Crippen MR) is 193 cm³/mol. The van der Waals surface area contributed by atoms with E-state index in [1.165, 1.54) is 26.0 Å². The number of halogens is 3. The topological polar surface area (TPSA) is 256 Å². The molecular weight excluding hydrogens is 752 g/mol. The Bertz CT molecular complexity index is 1860. The van der Waals surface area contributed by atoms with Crippen LogP contribution in [0.4, 0.5) is 24.5 Å². The number of ketones is 2. The molecular formula is C32H40F3N5O11S2. The Morgan fingerprint density at radius 2 is 1.02 bits per heavy atom. The normalized spacial score (nSPS) is 11.9. The van der Waals surface area contributed by atoms with Gasteiger partial charge in [-0.2, -0.15) is 4.40 Å². The molecule has 0 saturated heterocycles. The lowest BCUT2D eigenvalue weighted by atomic mass is 10.1. The van der Waals surface area contributed by atoms with Gasteiger partial charge in [0.15, 0.2) is 11.6 Å². The molecule has 0 aliphatic heterocycles. The molecule has 0 spiro atoms. The first-order valence-corrected chi connectivity index (χ1v) is 17.0. The highest BCUT2D eigenvalue weighted by Gasteiger charge is 2.21. The summed E-state index contributed by atoms with van der Waals surface area (Å²) >= 11 is 0. The van der Waals surface area contributed by atoms with Crippen LogP contribution in [0, 0.1) is 47.8 Å². The molecule has 21 heteroatoms. The third-order valence-corrected chi connectivity index (χ3v) is 8.39. The Morgan fingerprint density at radius 3 is 1.32 bits per heavy atom. The Morgan fingerprint density at radius 1 is 0.679 bits per heavy atom. The van der Waals surface area contributed by atoms with Crippen molar-refractivity contribution in [2.24, 2.45) is 9.54 Å². The molecule has 16 nitrogen and oxygen atoms in total. The van der Waals surface area contributed by atoms with Crippen LogP contribution in [0.1, 0.15) is 88.6 Å². The number of carbonyl (C=O) groups is 2. The molecule has 292 valence electrons. The molecule has 3 aromatic rings. The van der Waals surface area contributed by atoms with Crippen LogP contribution in [0.5, 0.6) is 0 Å². The second-order valence-corrected chi connectivity index (χ2v) is 15.8. The molecule has 2 atom stereocenters. The number of nitro benzene ring substituents is 2. The van der Waals surface area contributed by atoms with Crippen LogP contribution in [-0.2, 0) is 22.0 Å². The third kappa shape index (κ3) is 20.4. The zero-order valence-corrected chi connectivity index (χ0v) is 31.8. The van der Waals surface area contributed by atoms with Crippen molar-refractivity contribution >= 4 is 50.6 Å². The Hall–Kier alpha value is -5.28. The summed E-state index contributed by atoms with van der Waals surface area (Å²) in [4.78, 5) is 49.4. The van der Waals surface area contributed by atoms with Gasteiger partial charge in [-0.05, 0) is 86.6 Å². The molecule has 3 rings (SSSR count). The van der Waals surface area contributed by atoms with E-state index in [2.05, 4.69) is 4.40 Å². The van der Waals surface area contributed by atoms with Crippen molar-refractivity contribution in [2.45, 2.75) is 71.8 Å². The predicted octanol–water partition coefficient (Wildman–Crippen LogP) is 7.03. The number of benzene rings is 3. The molecule has 0 bridgehead atoms. The van der Waals surface area contributed by atoms with Crippen molar-refractivity contribution in [3.05, 3.63) is 125 Å². The lowest BCUT2D eigenvalue weighted by Gasteiger charge is -2.14. The second-order valence-electron chi connectivity index (χ2n) is 12.1. The van der Waals surface area contributed by atoms with Gasteiger partial charge in [-0.15, -0.1) is 10.1 Å². The second kappa shape index (κ2) is 22.6. The third-order valence-electron chi connectivity index (χ3n) is 5.69. The van der Waals surface area contributed by atoms with Crippen molar-refractivity contribution in [1.82, 2.24) is 0 Å². The van der Waals surface area contributed by atoms with E-state index in [1.807, 2.05) is 20.8 Å². The zero-order valence-electron chi connectivity index (χ0n) is 30.1. The number of nitrogens with two attached hydrogens (primary N) is 1. The van der Waals surface area contributed by atoms with E-state index in [9.17, 15) is 51.4 Å². The van der Waals surface area contributed by atoms with E-state index in [0.717, 1.165) is 43.3 Å². The number of carbonyl (C=O) groups excluding carboxylic acids is 2. The largest absolute Gasteiger partial charge is 0.328 e. The minimum absolute atomic E-state index is 0.00759. The molecule has 0 aliphatic rings. The highest BCUT2D eigenvalue weighted by Crippen LogP contribution is 2.20. The standard InChI is InChI=1S/C12H15FN2O3S.C8H6FNO3.C8H7FO.C4H11NOS.HNO3/c1-8(14-19(18)12(2,3)4)10-7-9(15(16)17)5-6-11(10)13;1-5(11)7-4-6(10(12)13)2-3-8(7)9;1-6(10)7-4-2-3-5-8(7)9;1-4(2,3)7(5)6;2-1(3)4/h5-7H,1-4H3;2-4H,1H3;2-5H,1H3;5H2,1-3H3;(H,2,3,4)/t19-;;;7-;/m1..1./s1. The smallest absolute Gasteiger partial charge is 0.291 e. The van der Waals surface area contributed by atoms with Crippen LogP contribution < -0.4 is 5.14 Å². The van der Waals surface area contributed by atoms with Gasteiger partial charge >= 0.3 is 0 Å². The average molecular weight is 792 g/mol. The first-order chi connectivity index (χ1) is 24.0. The maximum atomic E-state index is 13.6. The molecule has 0 aromatic heterocycles. The number of nitro groups is 2. The Labute approximate surface area is 307 Å². The van der Waals surface area contributed by atoms with Gasteiger partial charge in [-0.1, -0.05) is 12.1 Å². The van der Waals surface area contributed by atoms with Crippen molar-refractivity contribution in [3.8, 4) is 0 Å². The summed E-state index contributed by atoms with van der Waals surface area (Å²) in [6.45, 7) is 14.7. The van der Waals surface area contributed by atoms with Gasteiger partial charge in [0, 0.05) is 29.8 Å². The summed E-state index contributed by atoms with van der Waals surface area (Å²) in [5, 5.41) is 39.6. The number of hydrogen-bond acceptors (Lipinski definition) is 10. The highest BCUT2D eigenvalue weighted by atomic mass is 32.2. The molecule has 3 N–H and O–H groups in total. The number of hydrogen-bond donors (Lipinski definition) is 2. The summed E-state index contributed by atoms with van der Waals surface area (Å²) < 4.78 is 64.4. The van der Waals surface area contributed by atoms with E-state index in [0.29, 0.717) is 0 Å². The van der Waals surface area contributed by atoms with Crippen molar-refractivity contribution in [2.75, 3.05) is 0 Å². The summed E-state index contributed by atoms with van der Waals surface area (Å²) in [5.74, 6) is -2.58. The van der Waals surface area contributed by atoms with Crippen LogP contribution in [0.3, 0.4) is 0 Å². The Kier molecular flexibility index (Phi) is 21.3. The zero-order chi connectivity index (χ0) is 42.0. The van der Waals surface area contributed by atoms with Crippen LogP contribution in [-0.4, -0.2) is 55.3 Å². The lowest BCUT2D eigenvalue weighted by molar-refractivity contribution is -0.742. The van der Waals surface area contributed by atoms with Crippen LogP contribution in [0.2, 0.25) is 0 Å². The number of nitrogens with zero attached hydrogens (tertiary/aromatic N) is 4. The molecule has 0 fully saturated rings. The Balaban J connectivity index is 0. The summed E-state index contributed by atoms with van der Waals surface area (Å²) in [5.41, 5.74) is -0.447. The molecule has 0 amide bonds. The fraction of sp³-hybridized carbons (Fsp3) is 0.344. The first kappa shape index (κ1) is 49.8. The quantitative estimate of drug-likeness (QED) is 0.111. The SMILES string of the molecule is CC(=N[S@](=O)C(C)(C)C)c1cc([N+](=O)[O-])ccc1F.CC(=O)c1cc([N+](=O)[O-])ccc1F.CC(=O)c1ccccc1F.CC(C)(C)[S@](N)=O.O=[N+]([O-])O. The van der Waals surface area contributed by atoms with Crippen molar-refractivity contribution < 1.29 is 51.3 Å². The molecule has 0 heterocycles. The van der Waals surface area contributed by atoms with E-state index >= 15 is 0 Å². The monoisotopic (exact) mass is 791 g/mol. The maximum Gasteiger partial charge on any atom is 0.291 e. The van der Waals surface area contributed by atoms with E-state index in [-0.39, 0.29) is 44.3 Å². The molecule has 0 radical (unpaired) electrons. The van der Waals surface area contributed by atoms with Gasteiger partial charge in [-0.25, -0.2) is 21.6 Å². The minimum atomic E-state index is -1.54. The molecule has 0 saturated carbocycles. The summed E-state index contributed by atoms with van der Waals surface area (Å²) in [7, 11) is -2.72. The average Bonchev–Trinajstić information content (AvgIpc) is 3.01. The lowest BCUT2D eigenvalue weighted by Crippen LogP contribution is -2.27. The molecule has 53 heavy (non-hydrogen) atoms. The van der Waals surface area contributed by atoms with Crippen LogP contribution in [0.15, 0.2) is 65.1 Å². The van der Waals surface area contributed by atoms with Gasteiger partial charge in [-0.3, -0.25) is 35.0 Å². The van der Waals surface area contributed by atoms with Gasteiger partial charge in [0.25, 0.3) is 16.5 Å². The fourth-order valence-corrected chi connectivity index (χ4v) is 3.48.